The average molecular weight is 378 g/mol. The summed E-state index contributed by atoms with van der Waals surface area (Å²) in [6.07, 6.45) is 5.21. The van der Waals surface area contributed by atoms with E-state index in [2.05, 4.69) is 0 Å². The molecule has 148 valence electrons. The van der Waals surface area contributed by atoms with Crippen LogP contribution in [0.3, 0.4) is 0 Å². The Labute approximate surface area is 157 Å². The van der Waals surface area contributed by atoms with Gasteiger partial charge in [-0.2, -0.15) is 0 Å². The third-order valence-corrected chi connectivity index (χ3v) is 5.95. The fourth-order valence-corrected chi connectivity index (χ4v) is 4.63. The summed E-state index contributed by atoms with van der Waals surface area (Å²) in [5.74, 6) is -0.631. The van der Waals surface area contributed by atoms with Gasteiger partial charge in [-0.1, -0.05) is 40.0 Å². The third-order valence-electron chi connectivity index (χ3n) is 5.95. The Balaban J connectivity index is 2.32. The molecular formula is C19H26N2O6. The summed E-state index contributed by atoms with van der Waals surface area (Å²) < 4.78 is 5.93. The third kappa shape index (κ3) is 3.11. The maximum Gasteiger partial charge on any atom is 0.322 e. The van der Waals surface area contributed by atoms with Crippen molar-refractivity contribution in [3.63, 3.8) is 0 Å². The van der Waals surface area contributed by atoms with Crippen molar-refractivity contribution in [2.45, 2.75) is 83.2 Å². The average Bonchev–Trinajstić information content (AvgIpc) is 2.98. The van der Waals surface area contributed by atoms with Gasteiger partial charge in [0.1, 0.15) is 11.7 Å². The van der Waals surface area contributed by atoms with Crippen LogP contribution in [0.2, 0.25) is 0 Å². The van der Waals surface area contributed by atoms with Crippen LogP contribution in [-0.2, 0) is 5.41 Å². The van der Waals surface area contributed by atoms with Crippen LogP contribution in [0.4, 0.5) is 11.4 Å². The van der Waals surface area contributed by atoms with E-state index < -0.39 is 26.7 Å². The van der Waals surface area contributed by atoms with Gasteiger partial charge in [0.25, 0.3) is 0 Å². The SMILES string of the molecule is CCCCC(C)(C)c1c([N+](=O)[O-])c(O)c2c(c1[N+](=O)[O-])OC1CCCCC21. The van der Waals surface area contributed by atoms with Crippen molar-refractivity contribution in [1.82, 2.24) is 0 Å². The number of hydrogen-bond donors (Lipinski definition) is 1. The van der Waals surface area contributed by atoms with Gasteiger partial charge in [0.2, 0.25) is 11.5 Å². The van der Waals surface area contributed by atoms with E-state index in [0.29, 0.717) is 12.8 Å². The van der Waals surface area contributed by atoms with Crippen molar-refractivity contribution >= 4 is 11.4 Å². The Kier molecular flexibility index (Phi) is 5.01. The van der Waals surface area contributed by atoms with Gasteiger partial charge < -0.3 is 9.84 Å². The zero-order valence-electron chi connectivity index (χ0n) is 16.0. The van der Waals surface area contributed by atoms with Crippen molar-refractivity contribution in [3.8, 4) is 11.5 Å². The van der Waals surface area contributed by atoms with Crippen LogP contribution < -0.4 is 4.74 Å². The van der Waals surface area contributed by atoms with Crippen LogP contribution in [0.5, 0.6) is 11.5 Å². The lowest BCUT2D eigenvalue weighted by atomic mass is 9.76. The largest absolute Gasteiger partial charge is 0.502 e. The molecule has 1 aliphatic carbocycles. The maximum atomic E-state index is 12.0. The topological polar surface area (TPSA) is 116 Å². The number of fused-ring (bicyclic) bond motifs is 3. The first-order valence-corrected chi connectivity index (χ1v) is 9.59. The molecule has 8 heteroatoms. The quantitative estimate of drug-likeness (QED) is 0.544. The van der Waals surface area contributed by atoms with E-state index in [9.17, 15) is 25.3 Å². The lowest BCUT2D eigenvalue weighted by Gasteiger charge is -2.26. The second kappa shape index (κ2) is 6.98. The van der Waals surface area contributed by atoms with Gasteiger partial charge in [0, 0.05) is 11.3 Å². The molecule has 1 fully saturated rings. The fourth-order valence-electron chi connectivity index (χ4n) is 4.63. The zero-order chi connectivity index (χ0) is 19.9. The van der Waals surface area contributed by atoms with E-state index in [1.807, 2.05) is 6.92 Å². The lowest BCUT2D eigenvalue weighted by Crippen LogP contribution is -2.22. The van der Waals surface area contributed by atoms with Crippen molar-refractivity contribution in [3.05, 3.63) is 31.4 Å². The van der Waals surface area contributed by atoms with Crippen LogP contribution in [0.25, 0.3) is 0 Å². The molecule has 2 unspecified atom stereocenters. The smallest absolute Gasteiger partial charge is 0.322 e. The van der Waals surface area contributed by atoms with Gasteiger partial charge in [0.15, 0.2) is 0 Å². The lowest BCUT2D eigenvalue weighted by molar-refractivity contribution is -0.397. The van der Waals surface area contributed by atoms with Crippen LogP contribution in [0, 0.1) is 20.2 Å². The summed E-state index contributed by atoms with van der Waals surface area (Å²) in [5.41, 5.74) is -1.49. The van der Waals surface area contributed by atoms with E-state index in [1.165, 1.54) is 0 Å². The van der Waals surface area contributed by atoms with Crippen molar-refractivity contribution < 1.29 is 19.7 Å². The van der Waals surface area contributed by atoms with Gasteiger partial charge in [-0.3, -0.25) is 20.2 Å². The van der Waals surface area contributed by atoms with E-state index in [4.69, 9.17) is 4.74 Å². The number of aromatic hydroxyl groups is 1. The van der Waals surface area contributed by atoms with Gasteiger partial charge in [-0.25, -0.2) is 0 Å². The molecule has 0 aromatic heterocycles. The summed E-state index contributed by atoms with van der Waals surface area (Å²) in [6, 6.07) is 0. The summed E-state index contributed by atoms with van der Waals surface area (Å²) in [6.45, 7) is 5.50. The first-order valence-electron chi connectivity index (χ1n) is 9.59. The molecule has 8 nitrogen and oxygen atoms in total. The Hall–Kier alpha value is -2.38. The molecule has 27 heavy (non-hydrogen) atoms. The Bertz CT molecular complexity index is 789. The van der Waals surface area contributed by atoms with E-state index in [0.717, 1.165) is 32.1 Å². The monoisotopic (exact) mass is 378 g/mol. The molecule has 0 saturated heterocycles. The van der Waals surface area contributed by atoms with Crippen molar-refractivity contribution in [2.24, 2.45) is 0 Å². The minimum absolute atomic E-state index is 0.0270. The van der Waals surface area contributed by atoms with Gasteiger partial charge in [-0.05, 0) is 25.7 Å². The molecule has 1 aromatic rings. The number of benzene rings is 1. The minimum atomic E-state index is -0.843. The number of nitro benzene ring substituents is 2. The van der Waals surface area contributed by atoms with Gasteiger partial charge in [0.05, 0.1) is 15.4 Å². The number of phenolic OH excluding ortho intramolecular Hbond substituents is 1. The Morgan fingerprint density at radius 1 is 1.15 bits per heavy atom. The van der Waals surface area contributed by atoms with Crippen LogP contribution >= 0.6 is 0 Å². The molecule has 0 amide bonds. The first-order chi connectivity index (χ1) is 12.7. The number of hydrogen-bond acceptors (Lipinski definition) is 6. The predicted octanol–water partition coefficient (Wildman–Crippen LogP) is 5.10. The highest BCUT2D eigenvalue weighted by Gasteiger charge is 2.50. The first kappa shape index (κ1) is 19.4. The zero-order valence-corrected chi connectivity index (χ0v) is 16.0. The highest BCUT2D eigenvalue weighted by Crippen LogP contribution is 2.60. The molecule has 1 aromatic carbocycles. The molecule has 3 rings (SSSR count). The molecule has 0 radical (unpaired) electrons. The molecule has 2 atom stereocenters. The number of nitrogens with zero attached hydrogens (tertiary/aromatic N) is 2. The van der Waals surface area contributed by atoms with Gasteiger partial charge >= 0.3 is 11.4 Å². The summed E-state index contributed by atoms with van der Waals surface area (Å²) in [7, 11) is 0. The highest BCUT2D eigenvalue weighted by atomic mass is 16.6. The second-order valence-electron chi connectivity index (χ2n) is 8.21. The summed E-state index contributed by atoms with van der Waals surface area (Å²) in [4.78, 5) is 22.6. The number of rotatable bonds is 6. The van der Waals surface area contributed by atoms with Crippen LogP contribution in [-0.4, -0.2) is 21.1 Å². The highest BCUT2D eigenvalue weighted by molar-refractivity contribution is 5.76. The minimum Gasteiger partial charge on any atom is -0.502 e. The number of phenols is 1. The number of nitro groups is 2. The summed E-state index contributed by atoms with van der Waals surface area (Å²) in [5, 5.41) is 34.7. The fraction of sp³-hybridized carbons (Fsp3) is 0.684. The van der Waals surface area contributed by atoms with Crippen molar-refractivity contribution in [1.29, 1.82) is 0 Å². The molecule has 1 aliphatic heterocycles. The molecule has 0 bridgehead atoms. The molecule has 2 aliphatic rings. The Morgan fingerprint density at radius 3 is 2.37 bits per heavy atom. The predicted molar refractivity (Wildman–Crippen MR) is 99.6 cm³/mol. The molecule has 1 heterocycles. The van der Waals surface area contributed by atoms with Crippen molar-refractivity contribution in [2.75, 3.05) is 0 Å². The molecular weight excluding hydrogens is 352 g/mol. The summed E-state index contributed by atoms with van der Waals surface area (Å²) >= 11 is 0. The molecule has 0 spiro atoms. The number of unbranched alkanes of at least 4 members (excludes halogenated alkanes) is 1. The molecule has 1 N–H and O–H groups in total. The van der Waals surface area contributed by atoms with E-state index in [-0.39, 0.29) is 34.6 Å². The van der Waals surface area contributed by atoms with E-state index in [1.54, 1.807) is 13.8 Å². The van der Waals surface area contributed by atoms with E-state index >= 15 is 0 Å². The number of ether oxygens (including phenoxy) is 1. The van der Waals surface area contributed by atoms with Crippen LogP contribution in [0.1, 0.15) is 82.8 Å². The second-order valence-corrected chi connectivity index (χ2v) is 8.21. The normalized spacial score (nSPS) is 21.3. The maximum absolute atomic E-state index is 12.0. The Morgan fingerprint density at radius 2 is 1.78 bits per heavy atom. The van der Waals surface area contributed by atoms with Gasteiger partial charge in [-0.15, -0.1) is 0 Å². The molecule has 1 saturated carbocycles. The van der Waals surface area contributed by atoms with Crippen LogP contribution in [0.15, 0.2) is 0 Å². The standard InChI is InChI=1S/C19H26N2O6/c1-4-5-10-19(2,3)14-15(20(23)24)17(22)13-11-8-6-7-9-12(11)27-18(13)16(14)21(25)26/h11-12,22H,4-10H2,1-3H3.